The van der Waals surface area contributed by atoms with Crippen molar-refractivity contribution in [1.29, 1.82) is 0 Å². The van der Waals surface area contributed by atoms with Crippen LogP contribution in [0.15, 0.2) is 97.1 Å². The topological polar surface area (TPSA) is 77.9 Å². The average Bonchev–Trinajstić information content (AvgIpc) is 3.51. The fraction of sp³-hybridized carbons (Fsp3) is 0.275. The molecule has 0 unspecified atom stereocenters. The zero-order valence-electron chi connectivity index (χ0n) is 26.3. The van der Waals surface area contributed by atoms with Crippen molar-refractivity contribution in [1.82, 2.24) is 19.9 Å². The predicted octanol–water partition coefficient (Wildman–Crippen LogP) is 8.73. The molecule has 6 nitrogen and oxygen atoms in total. The number of para-hydroxylation sites is 4. The van der Waals surface area contributed by atoms with Gasteiger partial charge in [-0.1, -0.05) is 92.6 Å². The van der Waals surface area contributed by atoms with Crippen LogP contribution in [0.25, 0.3) is 44.6 Å². The molecule has 2 aliphatic carbocycles. The van der Waals surface area contributed by atoms with Crippen LogP contribution in [-0.2, 0) is 20.4 Å². The van der Waals surface area contributed by atoms with E-state index in [1.807, 2.05) is 49.4 Å². The second kappa shape index (κ2) is 11.1. The highest BCUT2D eigenvalue weighted by molar-refractivity contribution is 5.87. The van der Waals surface area contributed by atoms with E-state index in [0.29, 0.717) is 19.4 Å². The molecule has 2 aliphatic rings. The van der Waals surface area contributed by atoms with Crippen molar-refractivity contribution in [3.63, 3.8) is 0 Å². The Bertz CT molecular complexity index is 2140. The normalized spacial score (nSPS) is 19.1. The van der Waals surface area contributed by atoms with Gasteiger partial charge in [-0.05, 0) is 61.6 Å². The minimum Gasteiger partial charge on any atom is -0.466 e. The molecule has 6 aromatic rings. The number of rotatable bonds is 9. The van der Waals surface area contributed by atoms with E-state index in [-0.39, 0.29) is 12.4 Å². The van der Waals surface area contributed by atoms with Crippen molar-refractivity contribution in [2.45, 2.75) is 63.2 Å². The Labute approximate surface area is 268 Å². The number of nitrogens with zero attached hydrogens (tertiary/aromatic N) is 4. The molecule has 8 rings (SSSR count). The van der Waals surface area contributed by atoms with Crippen molar-refractivity contribution in [3.05, 3.63) is 120 Å². The average molecular weight is 605 g/mol. The number of benzene rings is 4. The maximum atomic E-state index is 13.1. The Hall–Kier alpha value is -4.97. The van der Waals surface area contributed by atoms with E-state index < -0.39 is 10.8 Å². The van der Waals surface area contributed by atoms with Crippen molar-refractivity contribution in [2.75, 3.05) is 6.61 Å². The van der Waals surface area contributed by atoms with Crippen LogP contribution in [0, 0.1) is 0 Å². The fourth-order valence-corrected chi connectivity index (χ4v) is 8.10. The molecular formula is C40H36N4O2. The summed E-state index contributed by atoms with van der Waals surface area (Å²) in [5.41, 5.74) is 10.9. The van der Waals surface area contributed by atoms with Crippen LogP contribution in [0.2, 0.25) is 0 Å². The minimum atomic E-state index is -0.620. The molecule has 0 amide bonds. The van der Waals surface area contributed by atoms with Gasteiger partial charge in [0, 0.05) is 28.4 Å². The van der Waals surface area contributed by atoms with Gasteiger partial charge in [0.25, 0.3) is 0 Å². The van der Waals surface area contributed by atoms with Gasteiger partial charge in [-0.3, -0.25) is 4.79 Å². The lowest BCUT2D eigenvalue weighted by molar-refractivity contribution is -0.143. The largest absolute Gasteiger partial charge is 0.466 e. The Morgan fingerprint density at radius 1 is 0.609 bits per heavy atom. The van der Waals surface area contributed by atoms with Gasteiger partial charge < -0.3 is 4.74 Å². The fourth-order valence-electron chi connectivity index (χ4n) is 8.10. The SMILES string of the molecule is CCCC[C@@]1(C[C@@]2(CCC(=O)OCC)c3ccccc3-c3nc4ccccc4nc32)c2ccccc2-c2nc3ccccc3nc21. The number of hydrogen-bond acceptors (Lipinski definition) is 6. The number of fused-ring (bicyclic) bond motifs is 8. The lowest BCUT2D eigenvalue weighted by atomic mass is 9.61. The Kier molecular flexibility index (Phi) is 6.89. The first-order valence-corrected chi connectivity index (χ1v) is 16.5. The summed E-state index contributed by atoms with van der Waals surface area (Å²) in [6.45, 7) is 4.46. The molecule has 0 N–H and O–H groups in total. The Morgan fingerprint density at radius 3 is 1.57 bits per heavy atom. The van der Waals surface area contributed by atoms with E-state index in [9.17, 15) is 4.79 Å². The van der Waals surface area contributed by atoms with Crippen LogP contribution < -0.4 is 0 Å². The molecule has 46 heavy (non-hydrogen) atoms. The number of esters is 1. The van der Waals surface area contributed by atoms with E-state index in [1.165, 1.54) is 11.1 Å². The van der Waals surface area contributed by atoms with Crippen LogP contribution in [0.4, 0.5) is 0 Å². The second-order valence-corrected chi connectivity index (χ2v) is 12.7. The summed E-state index contributed by atoms with van der Waals surface area (Å²) in [5.74, 6) is -0.192. The van der Waals surface area contributed by atoms with Crippen LogP contribution >= 0.6 is 0 Å². The summed E-state index contributed by atoms with van der Waals surface area (Å²) in [5, 5.41) is 0. The van der Waals surface area contributed by atoms with Gasteiger partial charge >= 0.3 is 5.97 Å². The first-order chi connectivity index (χ1) is 22.6. The van der Waals surface area contributed by atoms with Crippen LogP contribution in [0.3, 0.4) is 0 Å². The maximum absolute atomic E-state index is 13.1. The van der Waals surface area contributed by atoms with Crippen molar-refractivity contribution in [2.24, 2.45) is 0 Å². The van der Waals surface area contributed by atoms with Crippen LogP contribution in [-0.4, -0.2) is 32.5 Å². The summed E-state index contributed by atoms with van der Waals surface area (Å²) in [7, 11) is 0. The third kappa shape index (κ3) is 4.27. The van der Waals surface area contributed by atoms with E-state index >= 15 is 0 Å². The molecule has 0 fully saturated rings. The van der Waals surface area contributed by atoms with Gasteiger partial charge in [0.2, 0.25) is 0 Å². The third-order valence-electron chi connectivity index (χ3n) is 10.1. The van der Waals surface area contributed by atoms with Gasteiger partial charge in [-0.25, -0.2) is 19.9 Å². The molecule has 2 heterocycles. The second-order valence-electron chi connectivity index (χ2n) is 12.7. The molecular weight excluding hydrogens is 568 g/mol. The molecule has 2 aromatic heterocycles. The standard InChI is InChI=1S/C40H36N4O2/c1-3-5-23-39(28-16-8-6-14-26(28)35-37(39)43-32-20-12-10-18-30(32)41-35)25-40(24-22-34(45)46-4-2)29-17-9-7-15-27(29)36-38(40)44-33-21-13-11-19-31(33)42-36/h6-21H,3-5,22-25H2,1-2H3/t39-,40+/m1/s1. The highest BCUT2D eigenvalue weighted by atomic mass is 16.5. The molecule has 0 saturated carbocycles. The minimum absolute atomic E-state index is 0.192. The molecule has 228 valence electrons. The Balaban J connectivity index is 1.43. The summed E-state index contributed by atoms with van der Waals surface area (Å²) >= 11 is 0. The van der Waals surface area contributed by atoms with Crippen molar-refractivity contribution < 1.29 is 9.53 Å². The quantitative estimate of drug-likeness (QED) is 0.154. The monoisotopic (exact) mass is 604 g/mol. The van der Waals surface area contributed by atoms with Crippen LogP contribution in [0.5, 0.6) is 0 Å². The molecule has 2 atom stereocenters. The number of hydrogen-bond donors (Lipinski definition) is 0. The predicted molar refractivity (Wildman–Crippen MR) is 182 cm³/mol. The van der Waals surface area contributed by atoms with Crippen molar-refractivity contribution in [3.8, 4) is 22.5 Å². The van der Waals surface area contributed by atoms with Crippen molar-refractivity contribution >= 4 is 28.0 Å². The number of ether oxygens (including phenoxy) is 1. The van der Waals surface area contributed by atoms with Gasteiger partial charge in [-0.15, -0.1) is 0 Å². The number of carbonyl (C=O) groups excluding carboxylic acids is 1. The van der Waals surface area contributed by atoms with E-state index in [1.54, 1.807) is 0 Å². The van der Waals surface area contributed by atoms with Gasteiger partial charge in [0.05, 0.1) is 51.4 Å². The van der Waals surface area contributed by atoms with Gasteiger partial charge in [-0.2, -0.15) is 0 Å². The third-order valence-corrected chi connectivity index (χ3v) is 10.1. The zero-order valence-corrected chi connectivity index (χ0v) is 26.3. The van der Waals surface area contributed by atoms with E-state index in [4.69, 9.17) is 24.7 Å². The number of unbranched alkanes of at least 4 members (excludes halogenated alkanes) is 1. The summed E-state index contributed by atoms with van der Waals surface area (Å²) in [4.78, 5) is 34.5. The summed E-state index contributed by atoms with van der Waals surface area (Å²) in [6, 6.07) is 33.5. The van der Waals surface area contributed by atoms with Gasteiger partial charge in [0.15, 0.2) is 0 Å². The van der Waals surface area contributed by atoms with Crippen LogP contribution in [0.1, 0.15) is 74.9 Å². The van der Waals surface area contributed by atoms with E-state index in [2.05, 4.69) is 61.5 Å². The van der Waals surface area contributed by atoms with E-state index in [0.717, 1.165) is 75.2 Å². The summed E-state index contributed by atoms with van der Waals surface area (Å²) < 4.78 is 5.52. The smallest absolute Gasteiger partial charge is 0.305 e. The summed E-state index contributed by atoms with van der Waals surface area (Å²) in [6.07, 6.45) is 4.49. The molecule has 4 aromatic carbocycles. The molecule has 0 bridgehead atoms. The molecule has 6 heteroatoms. The molecule has 0 saturated heterocycles. The lowest BCUT2D eigenvalue weighted by Crippen LogP contribution is -2.39. The number of carbonyl (C=O) groups is 1. The Morgan fingerprint density at radius 2 is 1.07 bits per heavy atom. The highest BCUT2D eigenvalue weighted by Gasteiger charge is 2.55. The first kappa shape index (κ1) is 28.5. The molecule has 0 spiro atoms. The highest BCUT2D eigenvalue weighted by Crippen LogP contribution is 2.61. The van der Waals surface area contributed by atoms with Gasteiger partial charge in [0.1, 0.15) is 0 Å². The zero-order chi connectivity index (χ0) is 31.3. The lowest BCUT2D eigenvalue weighted by Gasteiger charge is -2.41. The number of aromatic nitrogens is 4. The maximum Gasteiger partial charge on any atom is 0.305 e. The molecule has 0 aliphatic heterocycles. The molecule has 0 radical (unpaired) electrons. The first-order valence-electron chi connectivity index (χ1n) is 16.5.